The third kappa shape index (κ3) is 2.73. The summed E-state index contributed by atoms with van der Waals surface area (Å²) in [7, 11) is 0. The molecule has 5 heteroatoms. The van der Waals surface area contributed by atoms with Gasteiger partial charge in [-0.1, -0.05) is 18.7 Å². The molecule has 0 aromatic rings. The fourth-order valence-electron chi connectivity index (χ4n) is 0.890. The second-order valence-corrected chi connectivity index (χ2v) is 3.90. The number of thioether (sulfide) groups is 1. The van der Waals surface area contributed by atoms with Crippen molar-refractivity contribution in [3.63, 3.8) is 0 Å². The quantitative estimate of drug-likeness (QED) is 0.650. The molecule has 0 aliphatic carbocycles. The topological polar surface area (TPSA) is 67.5 Å². The molecular formula is C7H13N3OS. The largest absolute Gasteiger partial charge is 0.368 e. The molecule has 12 heavy (non-hydrogen) atoms. The van der Waals surface area contributed by atoms with Crippen LogP contribution in [0, 0.1) is 0 Å². The Kier molecular flexibility index (Phi) is 3.40. The highest BCUT2D eigenvalue weighted by molar-refractivity contribution is 8.14. The summed E-state index contributed by atoms with van der Waals surface area (Å²) in [6.07, 6.45) is 1.11. The van der Waals surface area contributed by atoms with Crippen LogP contribution in [0.25, 0.3) is 0 Å². The zero-order valence-electron chi connectivity index (χ0n) is 7.04. The number of nitrogens with zero attached hydrogens (tertiary/aromatic N) is 1. The Bertz CT molecular complexity index is 205. The first-order valence-corrected chi connectivity index (χ1v) is 4.83. The van der Waals surface area contributed by atoms with Gasteiger partial charge in [-0.15, -0.1) is 0 Å². The van der Waals surface area contributed by atoms with E-state index >= 15 is 0 Å². The lowest BCUT2D eigenvalue weighted by Gasteiger charge is -2.04. The number of nitrogens with one attached hydrogen (secondary N) is 1. The molecule has 0 aromatic heterocycles. The van der Waals surface area contributed by atoms with E-state index in [4.69, 9.17) is 5.73 Å². The van der Waals surface area contributed by atoms with Crippen molar-refractivity contribution in [3.8, 4) is 0 Å². The van der Waals surface area contributed by atoms with E-state index in [1.54, 1.807) is 11.8 Å². The van der Waals surface area contributed by atoms with Gasteiger partial charge in [0.25, 0.3) is 0 Å². The van der Waals surface area contributed by atoms with Crippen LogP contribution in [0.4, 0.5) is 0 Å². The average Bonchev–Trinajstić information content (AvgIpc) is 2.48. The molecule has 1 unspecified atom stereocenters. The van der Waals surface area contributed by atoms with E-state index in [1.807, 2.05) is 0 Å². The van der Waals surface area contributed by atoms with Gasteiger partial charge in [0.2, 0.25) is 5.91 Å². The fourth-order valence-corrected chi connectivity index (χ4v) is 1.83. The molecule has 0 aromatic carbocycles. The Morgan fingerprint density at radius 3 is 3.17 bits per heavy atom. The number of hydrogen-bond acceptors (Lipinski definition) is 4. The highest BCUT2D eigenvalue weighted by atomic mass is 32.2. The van der Waals surface area contributed by atoms with Crippen LogP contribution >= 0.6 is 11.8 Å². The minimum Gasteiger partial charge on any atom is -0.368 e. The van der Waals surface area contributed by atoms with Crippen LogP contribution < -0.4 is 11.1 Å². The smallest absolute Gasteiger partial charge is 0.236 e. The number of carbonyl (C=O) groups excluding carboxylic acids is 1. The number of amidine groups is 1. The average molecular weight is 187 g/mol. The third-order valence-corrected chi connectivity index (χ3v) is 2.90. The molecule has 0 spiro atoms. The van der Waals surface area contributed by atoms with E-state index in [9.17, 15) is 4.79 Å². The molecule has 0 fully saturated rings. The first-order chi connectivity index (χ1) is 5.72. The van der Waals surface area contributed by atoms with Gasteiger partial charge in [0.15, 0.2) is 5.17 Å². The zero-order valence-corrected chi connectivity index (χ0v) is 7.86. The molecular weight excluding hydrogens is 174 g/mol. The maximum atomic E-state index is 10.4. The summed E-state index contributed by atoms with van der Waals surface area (Å²) < 4.78 is 0. The minimum absolute atomic E-state index is 0.183. The lowest BCUT2D eigenvalue weighted by molar-refractivity contribution is -0.116. The highest BCUT2D eigenvalue weighted by Crippen LogP contribution is 2.21. The van der Waals surface area contributed by atoms with E-state index < -0.39 is 0 Å². The molecule has 1 aliphatic rings. The summed E-state index contributed by atoms with van der Waals surface area (Å²) >= 11 is 1.68. The normalized spacial score (nSPS) is 22.1. The lowest BCUT2D eigenvalue weighted by atomic mass is 10.3. The minimum atomic E-state index is -0.349. The molecule has 3 N–H and O–H groups in total. The molecule has 1 rings (SSSR count). The van der Waals surface area contributed by atoms with Gasteiger partial charge in [0, 0.05) is 5.25 Å². The lowest BCUT2D eigenvalue weighted by Crippen LogP contribution is -2.31. The molecule has 0 bridgehead atoms. The van der Waals surface area contributed by atoms with Crippen molar-refractivity contribution >= 4 is 22.8 Å². The highest BCUT2D eigenvalue weighted by Gasteiger charge is 2.17. The SMILES string of the molecule is CCC1CN=C(NCC(N)=O)S1. The van der Waals surface area contributed by atoms with Crippen molar-refractivity contribution in [1.29, 1.82) is 0 Å². The van der Waals surface area contributed by atoms with E-state index in [0.717, 1.165) is 18.1 Å². The van der Waals surface area contributed by atoms with E-state index in [0.29, 0.717) is 5.25 Å². The van der Waals surface area contributed by atoms with Crippen LogP contribution in [0.1, 0.15) is 13.3 Å². The zero-order chi connectivity index (χ0) is 8.97. The van der Waals surface area contributed by atoms with Gasteiger partial charge >= 0.3 is 0 Å². The predicted octanol–water partition coefficient (Wildman–Crippen LogP) is -0.0573. The van der Waals surface area contributed by atoms with Crippen LogP contribution in [-0.2, 0) is 4.79 Å². The van der Waals surface area contributed by atoms with Crippen molar-refractivity contribution < 1.29 is 4.79 Å². The van der Waals surface area contributed by atoms with Gasteiger partial charge in [-0.05, 0) is 6.42 Å². The number of hydrogen-bond donors (Lipinski definition) is 2. The van der Waals surface area contributed by atoms with Crippen molar-refractivity contribution in [1.82, 2.24) is 5.32 Å². The number of nitrogens with two attached hydrogens (primary N) is 1. The van der Waals surface area contributed by atoms with Crippen molar-refractivity contribution in [2.24, 2.45) is 10.7 Å². The van der Waals surface area contributed by atoms with Crippen LogP contribution in [-0.4, -0.2) is 29.4 Å². The summed E-state index contributed by atoms with van der Waals surface area (Å²) in [5.41, 5.74) is 4.97. The Morgan fingerprint density at radius 2 is 2.67 bits per heavy atom. The number of rotatable bonds is 3. The van der Waals surface area contributed by atoms with E-state index in [-0.39, 0.29) is 12.5 Å². The molecule has 1 aliphatic heterocycles. The Labute approximate surface area is 76.0 Å². The van der Waals surface area contributed by atoms with Crippen molar-refractivity contribution in [2.75, 3.05) is 13.1 Å². The molecule has 0 radical (unpaired) electrons. The van der Waals surface area contributed by atoms with Crippen LogP contribution in [0.3, 0.4) is 0 Å². The summed E-state index contributed by atoms with van der Waals surface area (Å²) in [5, 5.41) is 4.30. The number of carbonyl (C=O) groups is 1. The molecule has 0 saturated carbocycles. The number of primary amides is 1. The predicted molar refractivity (Wildman–Crippen MR) is 51.2 cm³/mol. The van der Waals surface area contributed by atoms with Crippen LogP contribution in [0.2, 0.25) is 0 Å². The van der Waals surface area contributed by atoms with Gasteiger partial charge in [0.1, 0.15) is 0 Å². The fraction of sp³-hybridized carbons (Fsp3) is 0.714. The molecule has 1 atom stereocenters. The van der Waals surface area contributed by atoms with Crippen LogP contribution in [0.15, 0.2) is 4.99 Å². The third-order valence-electron chi connectivity index (χ3n) is 1.59. The Balaban J connectivity index is 2.23. The summed E-state index contributed by atoms with van der Waals surface area (Å²) in [6.45, 7) is 3.16. The van der Waals surface area contributed by atoms with Crippen molar-refractivity contribution in [3.05, 3.63) is 0 Å². The van der Waals surface area contributed by atoms with E-state index in [1.165, 1.54) is 0 Å². The molecule has 4 nitrogen and oxygen atoms in total. The summed E-state index contributed by atoms with van der Waals surface area (Å²) in [6, 6.07) is 0. The monoisotopic (exact) mass is 187 g/mol. The standard InChI is InChI=1S/C7H13N3OS/c1-2-5-3-9-7(12-5)10-4-6(8)11/h5H,2-4H2,1H3,(H2,8,11)(H,9,10). The van der Waals surface area contributed by atoms with E-state index in [2.05, 4.69) is 17.2 Å². The molecule has 1 amide bonds. The van der Waals surface area contributed by atoms with Gasteiger partial charge in [-0.3, -0.25) is 9.79 Å². The second kappa shape index (κ2) is 4.35. The Morgan fingerprint density at radius 1 is 1.92 bits per heavy atom. The summed E-state index contributed by atoms with van der Waals surface area (Å²) in [5.74, 6) is -0.349. The first kappa shape index (κ1) is 9.38. The number of aliphatic imine (C=N–C) groups is 1. The molecule has 0 saturated heterocycles. The maximum absolute atomic E-state index is 10.4. The second-order valence-electron chi connectivity index (χ2n) is 2.61. The van der Waals surface area contributed by atoms with Gasteiger partial charge in [-0.25, -0.2) is 0 Å². The maximum Gasteiger partial charge on any atom is 0.236 e. The van der Waals surface area contributed by atoms with Gasteiger partial charge < -0.3 is 11.1 Å². The number of amides is 1. The first-order valence-electron chi connectivity index (χ1n) is 3.95. The summed E-state index contributed by atoms with van der Waals surface area (Å²) in [4.78, 5) is 14.6. The molecule has 68 valence electrons. The van der Waals surface area contributed by atoms with Crippen LogP contribution in [0.5, 0.6) is 0 Å². The van der Waals surface area contributed by atoms with Crippen molar-refractivity contribution in [2.45, 2.75) is 18.6 Å². The Hall–Kier alpha value is -0.710. The van der Waals surface area contributed by atoms with Gasteiger partial charge in [0.05, 0.1) is 13.1 Å². The molecule has 1 heterocycles. The van der Waals surface area contributed by atoms with Gasteiger partial charge in [-0.2, -0.15) is 0 Å².